The van der Waals surface area contributed by atoms with Crippen LogP contribution in [0.15, 0.2) is 47.4 Å². The van der Waals surface area contributed by atoms with Crippen molar-refractivity contribution in [2.45, 2.75) is 17.7 Å². The van der Waals surface area contributed by atoms with Gasteiger partial charge in [-0.25, -0.2) is 17.2 Å². The smallest absolute Gasteiger partial charge is 0.251 e. The van der Waals surface area contributed by atoms with Gasteiger partial charge in [0.25, 0.3) is 5.91 Å². The zero-order chi connectivity index (χ0) is 24.2. The maximum absolute atomic E-state index is 13.9. The monoisotopic (exact) mass is 480 g/mol. The van der Waals surface area contributed by atoms with Crippen molar-refractivity contribution in [2.75, 3.05) is 31.5 Å². The highest BCUT2D eigenvalue weighted by Gasteiger charge is 2.30. The average molecular weight is 480 g/mol. The molecule has 1 saturated heterocycles. The molecule has 3 rings (SSSR count). The van der Waals surface area contributed by atoms with Crippen LogP contribution in [0.1, 0.15) is 23.2 Å². The van der Waals surface area contributed by atoms with Crippen molar-refractivity contribution in [2.24, 2.45) is 5.73 Å². The predicted molar refractivity (Wildman–Crippen MR) is 115 cm³/mol. The summed E-state index contributed by atoms with van der Waals surface area (Å²) >= 11 is 0. The lowest BCUT2D eigenvalue weighted by Crippen LogP contribution is -2.50. The molecule has 0 spiro atoms. The minimum atomic E-state index is -3.65. The molecule has 9 nitrogen and oxygen atoms in total. The molecule has 1 aliphatic heterocycles. The SMILES string of the molecule is NC(=O)c1cc(NC(=O)CCC(=O)N2CCN(S(=O)(=O)c3ccccc3)CC2)c(F)cc1F. The number of carbonyl (C=O) groups is 3. The summed E-state index contributed by atoms with van der Waals surface area (Å²) in [5.41, 5.74) is 4.00. The Morgan fingerprint density at radius 1 is 0.939 bits per heavy atom. The second-order valence-corrected chi connectivity index (χ2v) is 9.26. The lowest BCUT2D eigenvalue weighted by atomic mass is 10.1. The maximum Gasteiger partial charge on any atom is 0.251 e. The Morgan fingerprint density at radius 2 is 1.58 bits per heavy atom. The molecule has 2 aromatic rings. The van der Waals surface area contributed by atoms with Crippen LogP contribution in [0.25, 0.3) is 0 Å². The molecule has 1 fully saturated rings. The summed E-state index contributed by atoms with van der Waals surface area (Å²) in [4.78, 5) is 37.4. The van der Waals surface area contributed by atoms with Gasteiger partial charge in [-0.3, -0.25) is 14.4 Å². The first-order valence-corrected chi connectivity index (χ1v) is 11.5. The Morgan fingerprint density at radius 3 is 2.18 bits per heavy atom. The van der Waals surface area contributed by atoms with E-state index in [-0.39, 0.29) is 49.8 Å². The molecule has 0 unspecified atom stereocenters. The number of amides is 3. The number of halogens is 2. The van der Waals surface area contributed by atoms with Gasteiger partial charge >= 0.3 is 0 Å². The number of piperazine rings is 1. The number of anilines is 1. The molecule has 0 atom stereocenters. The van der Waals surface area contributed by atoms with Crippen molar-refractivity contribution in [1.29, 1.82) is 0 Å². The minimum absolute atomic E-state index is 0.117. The minimum Gasteiger partial charge on any atom is -0.366 e. The first-order valence-electron chi connectivity index (χ1n) is 10.0. The highest BCUT2D eigenvalue weighted by molar-refractivity contribution is 7.89. The highest BCUT2D eigenvalue weighted by atomic mass is 32.2. The summed E-state index contributed by atoms with van der Waals surface area (Å²) in [7, 11) is -3.65. The van der Waals surface area contributed by atoms with Gasteiger partial charge in [0.1, 0.15) is 11.6 Å². The number of nitrogens with zero attached hydrogens (tertiary/aromatic N) is 2. The van der Waals surface area contributed by atoms with E-state index in [2.05, 4.69) is 5.32 Å². The number of carbonyl (C=O) groups excluding carboxylic acids is 3. The third-order valence-electron chi connectivity index (χ3n) is 5.13. The highest BCUT2D eigenvalue weighted by Crippen LogP contribution is 2.20. The standard InChI is InChI=1S/C21H22F2N4O5S/c22-16-13-17(23)18(12-15(16)21(24)30)25-19(28)6-7-20(29)26-8-10-27(11-9-26)33(31,32)14-4-2-1-3-5-14/h1-5,12-13H,6-11H2,(H2,24,30)(H,25,28). The van der Waals surface area contributed by atoms with Crippen LogP contribution in [0.2, 0.25) is 0 Å². The van der Waals surface area contributed by atoms with Crippen LogP contribution in [0.4, 0.5) is 14.5 Å². The number of rotatable bonds is 7. The fourth-order valence-corrected chi connectivity index (χ4v) is 4.79. The first-order chi connectivity index (χ1) is 15.6. The van der Waals surface area contributed by atoms with Gasteiger partial charge in [0.05, 0.1) is 16.1 Å². The van der Waals surface area contributed by atoms with Gasteiger partial charge in [0, 0.05) is 45.1 Å². The molecular formula is C21H22F2N4O5S. The van der Waals surface area contributed by atoms with E-state index in [4.69, 9.17) is 5.73 Å². The summed E-state index contributed by atoms with van der Waals surface area (Å²) in [5, 5.41) is 2.19. The van der Waals surface area contributed by atoms with Crippen molar-refractivity contribution < 1.29 is 31.6 Å². The number of benzene rings is 2. The lowest BCUT2D eigenvalue weighted by Gasteiger charge is -2.34. The second kappa shape index (κ2) is 10.0. The van der Waals surface area contributed by atoms with Crippen LogP contribution in [0.5, 0.6) is 0 Å². The van der Waals surface area contributed by atoms with Crippen molar-refractivity contribution in [3.8, 4) is 0 Å². The normalized spacial score (nSPS) is 14.7. The molecule has 2 aromatic carbocycles. The van der Waals surface area contributed by atoms with Gasteiger partial charge in [0.15, 0.2) is 0 Å². The Bertz CT molecular complexity index is 1170. The van der Waals surface area contributed by atoms with E-state index in [1.165, 1.54) is 21.3 Å². The van der Waals surface area contributed by atoms with E-state index in [1.807, 2.05) is 0 Å². The van der Waals surface area contributed by atoms with Crippen molar-refractivity contribution >= 4 is 33.4 Å². The van der Waals surface area contributed by atoms with Crippen LogP contribution in [0.3, 0.4) is 0 Å². The van der Waals surface area contributed by atoms with Crippen LogP contribution in [-0.4, -0.2) is 61.5 Å². The van der Waals surface area contributed by atoms with Gasteiger partial charge < -0.3 is 16.0 Å². The molecule has 0 saturated carbocycles. The summed E-state index contributed by atoms with van der Waals surface area (Å²) in [6.07, 6.45) is -0.479. The van der Waals surface area contributed by atoms with E-state index in [1.54, 1.807) is 18.2 Å². The van der Waals surface area contributed by atoms with E-state index < -0.39 is 44.7 Å². The number of primary amides is 1. The molecule has 1 aliphatic rings. The summed E-state index contributed by atoms with van der Waals surface area (Å²) in [5.74, 6) is -4.44. The fourth-order valence-electron chi connectivity index (χ4n) is 3.34. The number of nitrogens with two attached hydrogens (primary N) is 1. The van der Waals surface area contributed by atoms with Crippen LogP contribution in [-0.2, 0) is 19.6 Å². The quantitative estimate of drug-likeness (QED) is 0.617. The van der Waals surface area contributed by atoms with Gasteiger partial charge in [-0.2, -0.15) is 4.31 Å². The molecule has 176 valence electrons. The van der Waals surface area contributed by atoms with E-state index >= 15 is 0 Å². The Balaban J connectivity index is 1.51. The van der Waals surface area contributed by atoms with Crippen LogP contribution < -0.4 is 11.1 Å². The topological polar surface area (TPSA) is 130 Å². The van der Waals surface area contributed by atoms with Gasteiger partial charge in [-0.05, 0) is 18.2 Å². The fraction of sp³-hybridized carbons (Fsp3) is 0.286. The molecule has 0 aromatic heterocycles. The molecule has 33 heavy (non-hydrogen) atoms. The van der Waals surface area contributed by atoms with E-state index in [9.17, 15) is 31.6 Å². The number of sulfonamides is 1. The summed E-state index contributed by atoms with van der Waals surface area (Å²) < 4.78 is 54.0. The van der Waals surface area contributed by atoms with Gasteiger partial charge in [-0.15, -0.1) is 0 Å². The molecule has 0 aliphatic carbocycles. The molecule has 3 amide bonds. The third-order valence-corrected chi connectivity index (χ3v) is 7.05. The summed E-state index contributed by atoms with van der Waals surface area (Å²) in [6.45, 7) is 0.569. The Labute approximate surface area is 189 Å². The summed E-state index contributed by atoms with van der Waals surface area (Å²) in [6, 6.07) is 9.20. The number of hydrogen-bond acceptors (Lipinski definition) is 5. The number of hydrogen-bond donors (Lipinski definition) is 2. The first kappa shape index (κ1) is 24.3. The van der Waals surface area contributed by atoms with Crippen LogP contribution >= 0.6 is 0 Å². The van der Waals surface area contributed by atoms with E-state index in [0.29, 0.717) is 6.07 Å². The zero-order valence-corrected chi connectivity index (χ0v) is 18.3. The average Bonchev–Trinajstić information content (AvgIpc) is 2.79. The molecule has 3 N–H and O–H groups in total. The van der Waals surface area contributed by atoms with E-state index in [0.717, 1.165) is 6.07 Å². The maximum atomic E-state index is 13.9. The molecule has 0 bridgehead atoms. The molecule has 1 heterocycles. The second-order valence-electron chi connectivity index (χ2n) is 7.32. The largest absolute Gasteiger partial charge is 0.366 e. The predicted octanol–water partition coefficient (Wildman–Crippen LogP) is 1.32. The van der Waals surface area contributed by atoms with Gasteiger partial charge in [-0.1, -0.05) is 18.2 Å². The van der Waals surface area contributed by atoms with Crippen LogP contribution in [0, 0.1) is 11.6 Å². The third kappa shape index (κ3) is 5.71. The van der Waals surface area contributed by atoms with Gasteiger partial charge in [0.2, 0.25) is 21.8 Å². The number of nitrogens with one attached hydrogen (secondary N) is 1. The molecule has 12 heteroatoms. The zero-order valence-electron chi connectivity index (χ0n) is 17.5. The Hall–Kier alpha value is -3.38. The molecule has 0 radical (unpaired) electrons. The Kier molecular flexibility index (Phi) is 7.39. The van der Waals surface area contributed by atoms with Crippen molar-refractivity contribution in [1.82, 2.24) is 9.21 Å². The molecular weight excluding hydrogens is 458 g/mol. The lowest BCUT2D eigenvalue weighted by molar-refractivity contribution is -0.133. The van der Waals surface area contributed by atoms with Crippen molar-refractivity contribution in [3.05, 3.63) is 59.7 Å². The van der Waals surface area contributed by atoms with Crippen molar-refractivity contribution in [3.63, 3.8) is 0 Å².